The van der Waals surface area contributed by atoms with E-state index in [9.17, 15) is 19.2 Å². The van der Waals surface area contributed by atoms with Gasteiger partial charge in [-0.25, -0.2) is 0 Å². The fourth-order valence-corrected chi connectivity index (χ4v) is 1.87. The summed E-state index contributed by atoms with van der Waals surface area (Å²) < 4.78 is 0. The molecule has 0 saturated heterocycles. The first-order chi connectivity index (χ1) is 9.47. The predicted octanol–water partition coefficient (Wildman–Crippen LogP) is 0.764. The molecule has 0 saturated carbocycles. The molecule has 20 heavy (non-hydrogen) atoms. The lowest BCUT2D eigenvalue weighted by atomic mass is 10.1. The summed E-state index contributed by atoms with van der Waals surface area (Å²) in [6, 6.07) is 4.40. The average molecular weight is 276 g/mol. The second-order valence-corrected chi connectivity index (χ2v) is 4.34. The van der Waals surface area contributed by atoms with E-state index in [1.807, 2.05) is 0 Å². The van der Waals surface area contributed by atoms with Crippen LogP contribution in [0.1, 0.15) is 40.0 Å². The van der Waals surface area contributed by atoms with Crippen molar-refractivity contribution < 1.29 is 24.3 Å². The highest BCUT2D eigenvalue weighted by molar-refractivity contribution is 6.22. The van der Waals surface area contributed by atoms with Gasteiger partial charge >= 0.3 is 5.97 Å². The summed E-state index contributed by atoms with van der Waals surface area (Å²) in [5.41, 5.74) is 0.895. The Morgan fingerprint density at radius 3 is 2.50 bits per heavy atom. The fraction of sp³-hybridized carbons (Fsp3) is 0.231. The van der Waals surface area contributed by atoms with Gasteiger partial charge in [-0.2, -0.15) is 0 Å². The van der Waals surface area contributed by atoms with Crippen LogP contribution >= 0.6 is 0 Å². The number of amides is 3. The molecule has 1 aromatic carbocycles. The summed E-state index contributed by atoms with van der Waals surface area (Å²) in [6.45, 7) is 0. The number of carbonyl (C=O) groups is 4. The summed E-state index contributed by atoms with van der Waals surface area (Å²) in [5, 5.41) is 13.2. The molecule has 2 rings (SSSR count). The van der Waals surface area contributed by atoms with Gasteiger partial charge in [-0.1, -0.05) is 0 Å². The molecule has 1 aliphatic heterocycles. The van der Waals surface area contributed by atoms with Crippen LogP contribution in [0.5, 0.6) is 0 Å². The molecule has 104 valence electrons. The van der Waals surface area contributed by atoms with Crippen LogP contribution in [-0.4, -0.2) is 28.8 Å². The maximum atomic E-state index is 11.6. The predicted molar refractivity (Wildman–Crippen MR) is 68.4 cm³/mol. The fourth-order valence-electron chi connectivity index (χ4n) is 1.87. The number of fused-ring (bicyclic) bond motifs is 1. The molecule has 7 nitrogen and oxygen atoms in total. The zero-order chi connectivity index (χ0) is 14.7. The van der Waals surface area contributed by atoms with Crippen LogP contribution < -0.4 is 10.6 Å². The Balaban J connectivity index is 1.99. The Bertz CT molecular complexity index is 609. The van der Waals surface area contributed by atoms with E-state index in [-0.39, 0.29) is 36.3 Å². The second kappa shape index (κ2) is 5.52. The van der Waals surface area contributed by atoms with Crippen LogP contribution in [0.2, 0.25) is 0 Å². The first-order valence-electron chi connectivity index (χ1n) is 5.99. The molecule has 1 aromatic rings. The molecule has 0 aromatic heterocycles. The summed E-state index contributed by atoms with van der Waals surface area (Å²) in [5.74, 6) is -2.24. The Morgan fingerprint density at radius 2 is 1.80 bits per heavy atom. The molecule has 1 aliphatic rings. The van der Waals surface area contributed by atoms with Gasteiger partial charge in [-0.3, -0.25) is 24.5 Å². The lowest BCUT2D eigenvalue weighted by Gasteiger charge is -2.05. The monoisotopic (exact) mass is 276 g/mol. The lowest BCUT2D eigenvalue weighted by Crippen LogP contribution is -2.19. The third-order valence-electron chi connectivity index (χ3n) is 2.81. The number of hydrogen-bond acceptors (Lipinski definition) is 4. The molecule has 0 spiro atoms. The van der Waals surface area contributed by atoms with Gasteiger partial charge in [0.15, 0.2) is 0 Å². The van der Waals surface area contributed by atoms with Crippen LogP contribution in [-0.2, 0) is 9.59 Å². The molecule has 0 aliphatic carbocycles. The van der Waals surface area contributed by atoms with Crippen LogP contribution in [0.15, 0.2) is 18.2 Å². The molecule has 0 bridgehead atoms. The van der Waals surface area contributed by atoms with Crippen LogP contribution in [0.3, 0.4) is 0 Å². The normalized spacial score (nSPS) is 12.8. The molecule has 7 heteroatoms. The molecule has 1 heterocycles. The lowest BCUT2D eigenvalue weighted by molar-refractivity contribution is -0.137. The molecular weight excluding hydrogens is 264 g/mol. The zero-order valence-electron chi connectivity index (χ0n) is 10.4. The van der Waals surface area contributed by atoms with Crippen molar-refractivity contribution in [1.29, 1.82) is 0 Å². The second-order valence-electron chi connectivity index (χ2n) is 4.34. The molecule has 3 N–H and O–H groups in total. The summed E-state index contributed by atoms with van der Waals surface area (Å²) in [6.07, 6.45) is 0.244. The quantitative estimate of drug-likeness (QED) is 0.687. The molecular formula is C13H12N2O5. The summed E-state index contributed by atoms with van der Waals surface area (Å²) in [7, 11) is 0. The topological polar surface area (TPSA) is 113 Å². The van der Waals surface area contributed by atoms with Crippen LogP contribution in [0.25, 0.3) is 0 Å². The van der Waals surface area contributed by atoms with E-state index in [1.54, 1.807) is 0 Å². The number of carbonyl (C=O) groups excluding carboxylic acids is 3. The number of anilines is 1. The van der Waals surface area contributed by atoms with Gasteiger partial charge in [-0.15, -0.1) is 0 Å². The Labute approximate surface area is 114 Å². The highest BCUT2D eigenvalue weighted by Crippen LogP contribution is 2.20. The maximum Gasteiger partial charge on any atom is 0.303 e. The number of nitrogens with one attached hydrogen (secondary N) is 2. The third kappa shape index (κ3) is 3.00. The van der Waals surface area contributed by atoms with Gasteiger partial charge < -0.3 is 10.4 Å². The van der Waals surface area contributed by atoms with E-state index in [0.29, 0.717) is 5.69 Å². The minimum atomic E-state index is -0.953. The van der Waals surface area contributed by atoms with E-state index in [1.165, 1.54) is 18.2 Å². The van der Waals surface area contributed by atoms with Gasteiger partial charge in [0.05, 0.1) is 11.1 Å². The highest BCUT2D eigenvalue weighted by Gasteiger charge is 2.26. The van der Waals surface area contributed by atoms with Gasteiger partial charge in [0.2, 0.25) is 5.91 Å². The van der Waals surface area contributed by atoms with Gasteiger partial charge in [-0.05, 0) is 24.6 Å². The molecule has 0 fully saturated rings. The van der Waals surface area contributed by atoms with E-state index in [2.05, 4.69) is 10.6 Å². The van der Waals surface area contributed by atoms with Crippen molar-refractivity contribution >= 4 is 29.4 Å². The Morgan fingerprint density at radius 1 is 1.10 bits per heavy atom. The van der Waals surface area contributed by atoms with Crippen LogP contribution in [0, 0.1) is 0 Å². The van der Waals surface area contributed by atoms with Crippen molar-refractivity contribution in [2.75, 3.05) is 5.32 Å². The van der Waals surface area contributed by atoms with E-state index in [0.717, 1.165) is 0 Å². The van der Waals surface area contributed by atoms with Gasteiger partial charge in [0, 0.05) is 18.5 Å². The number of aliphatic carboxylic acids is 1. The minimum Gasteiger partial charge on any atom is -0.481 e. The summed E-state index contributed by atoms with van der Waals surface area (Å²) in [4.78, 5) is 44.7. The van der Waals surface area contributed by atoms with Gasteiger partial charge in [0.1, 0.15) is 0 Å². The first-order valence-corrected chi connectivity index (χ1v) is 5.99. The minimum absolute atomic E-state index is 0.0749. The maximum absolute atomic E-state index is 11.6. The molecule has 3 amide bonds. The SMILES string of the molecule is O=C(O)CCCC(=O)Nc1ccc2c(c1)C(=O)NC2=O. The Kier molecular flexibility index (Phi) is 3.79. The standard InChI is InChI=1S/C13H12N2O5/c16-10(2-1-3-11(17)18)14-7-4-5-8-9(6-7)13(20)15-12(8)19/h4-6H,1-3H2,(H,14,16)(H,17,18)(H,15,19,20). The number of hydrogen-bond donors (Lipinski definition) is 3. The van der Waals surface area contributed by atoms with E-state index >= 15 is 0 Å². The third-order valence-corrected chi connectivity index (χ3v) is 2.81. The number of benzene rings is 1. The molecule has 0 atom stereocenters. The van der Waals surface area contributed by atoms with Crippen molar-refractivity contribution in [3.05, 3.63) is 29.3 Å². The number of rotatable bonds is 5. The van der Waals surface area contributed by atoms with Gasteiger partial charge in [0.25, 0.3) is 11.8 Å². The number of imide groups is 1. The average Bonchev–Trinajstić information content (AvgIpc) is 2.64. The van der Waals surface area contributed by atoms with Crippen molar-refractivity contribution in [3.63, 3.8) is 0 Å². The smallest absolute Gasteiger partial charge is 0.303 e. The number of carboxylic acids is 1. The Hall–Kier alpha value is -2.70. The zero-order valence-corrected chi connectivity index (χ0v) is 10.4. The molecule has 0 unspecified atom stereocenters. The van der Waals surface area contributed by atoms with Crippen molar-refractivity contribution in [2.24, 2.45) is 0 Å². The largest absolute Gasteiger partial charge is 0.481 e. The van der Waals surface area contributed by atoms with Crippen LogP contribution in [0.4, 0.5) is 5.69 Å². The van der Waals surface area contributed by atoms with E-state index < -0.39 is 17.8 Å². The van der Waals surface area contributed by atoms with Crippen molar-refractivity contribution in [3.8, 4) is 0 Å². The summed E-state index contributed by atoms with van der Waals surface area (Å²) >= 11 is 0. The number of carboxylic acid groups (broad SMARTS) is 1. The van der Waals surface area contributed by atoms with Crippen molar-refractivity contribution in [2.45, 2.75) is 19.3 Å². The highest BCUT2D eigenvalue weighted by atomic mass is 16.4. The van der Waals surface area contributed by atoms with E-state index in [4.69, 9.17) is 5.11 Å². The molecule has 0 radical (unpaired) electrons. The first kappa shape index (κ1) is 13.7. The van der Waals surface area contributed by atoms with Crippen molar-refractivity contribution in [1.82, 2.24) is 5.32 Å².